The SMILES string of the molecule is CCCCCc1c(C)c(O)c(C)c(C)c1O. The van der Waals surface area contributed by atoms with Gasteiger partial charge in [0.05, 0.1) is 0 Å². The molecule has 0 spiro atoms. The molecule has 2 nitrogen and oxygen atoms in total. The molecule has 90 valence electrons. The number of unbranched alkanes of at least 4 members (excludes halogenated alkanes) is 2. The first-order valence-corrected chi connectivity index (χ1v) is 6.01. The first kappa shape index (κ1) is 12.9. The van der Waals surface area contributed by atoms with Gasteiger partial charge in [0.2, 0.25) is 0 Å². The Balaban J connectivity index is 3.08. The topological polar surface area (TPSA) is 40.5 Å². The Labute approximate surface area is 97.9 Å². The standard InChI is InChI=1S/C14H22O2/c1-5-6-7-8-12-11(4)13(15)9(2)10(3)14(12)16/h15-16H,5-8H2,1-4H3. The molecule has 0 saturated heterocycles. The number of hydrogen-bond acceptors (Lipinski definition) is 2. The molecule has 0 aromatic heterocycles. The summed E-state index contributed by atoms with van der Waals surface area (Å²) in [4.78, 5) is 0. The predicted octanol–water partition coefficient (Wildman–Crippen LogP) is 3.76. The Kier molecular flexibility index (Phi) is 4.22. The van der Waals surface area contributed by atoms with Crippen LogP contribution in [-0.2, 0) is 6.42 Å². The molecule has 1 rings (SSSR count). The van der Waals surface area contributed by atoms with Gasteiger partial charge in [-0.2, -0.15) is 0 Å². The van der Waals surface area contributed by atoms with E-state index in [2.05, 4.69) is 6.92 Å². The van der Waals surface area contributed by atoms with E-state index in [0.29, 0.717) is 11.5 Å². The average molecular weight is 222 g/mol. The highest BCUT2D eigenvalue weighted by Gasteiger charge is 2.15. The normalized spacial score (nSPS) is 10.8. The van der Waals surface area contributed by atoms with Crippen molar-refractivity contribution in [3.05, 3.63) is 22.3 Å². The summed E-state index contributed by atoms with van der Waals surface area (Å²) in [6, 6.07) is 0. The third-order valence-corrected chi connectivity index (χ3v) is 3.40. The van der Waals surface area contributed by atoms with E-state index in [1.807, 2.05) is 20.8 Å². The van der Waals surface area contributed by atoms with Gasteiger partial charge in [-0.1, -0.05) is 19.8 Å². The van der Waals surface area contributed by atoms with Crippen LogP contribution in [0.5, 0.6) is 11.5 Å². The van der Waals surface area contributed by atoms with Crippen LogP contribution >= 0.6 is 0 Å². The molecule has 0 aliphatic carbocycles. The zero-order valence-electron chi connectivity index (χ0n) is 10.7. The van der Waals surface area contributed by atoms with Gasteiger partial charge in [-0.25, -0.2) is 0 Å². The maximum atomic E-state index is 10.1. The maximum Gasteiger partial charge on any atom is 0.122 e. The van der Waals surface area contributed by atoms with E-state index in [4.69, 9.17) is 0 Å². The summed E-state index contributed by atoms with van der Waals surface area (Å²) >= 11 is 0. The zero-order chi connectivity index (χ0) is 12.3. The van der Waals surface area contributed by atoms with Crippen molar-refractivity contribution in [3.8, 4) is 11.5 Å². The third kappa shape index (κ3) is 2.31. The Morgan fingerprint density at radius 3 is 1.94 bits per heavy atom. The van der Waals surface area contributed by atoms with Crippen molar-refractivity contribution in [3.63, 3.8) is 0 Å². The van der Waals surface area contributed by atoms with Gasteiger partial charge < -0.3 is 10.2 Å². The van der Waals surface area contributed by atoms with Crippen LogP contribution in [0, 0.1) is 20.8 Å². The summed E-state index contributed by atoms with van der Waals surface area (Å²) in [6.45, 7) is 7.73. The van der Waals surface area contributed by atoms with E-state index in [0.717, 1.165) is 47.9 Å². The van der Waals surface area contributed by atoms with Crippen LogP contribution in [0.2, 0.25) is 0 Å². The van der Waals surface area contributed by atoms with Crippen molar-refractivity contribution < 1.29 is 10.2 Å². The van der Waals surface area contributed by atoms with Gasteiger partial charge in [-0.05, 0) is 50.3 Å². The fourth-order valence-electron chi connectivity index (χ4n) is 2.04. The fraction of sp³-hybridized carbons (Fsp3) is 0.571. The molecule has 16 heavy (non-hydrogen) atoms. The summed E-state index contributed by atoms with van der Waals surface area (Å²) in [7, 11) is 0. The van der Waals surface area contributed by atoms with Crippen LogP contribution in [0.1, 0.15) is 48.4 Å². The zero-order valence-corrected chi connectivity index (χ0v) is 10.7. The van der Waals surface area contributed by atoms with Crippen LogP contribution < -0.4 is 0 Å². The Morgan fingerprint density at radius 1 is 0.812 bits per heavy atom. The van der Waals surface area contributed by atoms with E-state index in [9.17, 15) is 10.2 Å². The van der Waals surface area contributed by atoms with Crippen molar-refractivity contribution in [1.29, 1.82) is 0 Å². The van der Waals surface area contributed by atoms with Crippen molar-refractivity contribution >= 4 is 0 Å². The lowest BCUT2D eigenvalue weighted by Crippen LogP contribution is -1.96. The number of benzene rings is 1. The molecule has 0 fully saturated rings. The minimum atomic E-state index is 0.335. The van der Waals surface area contributed by atoms with Gasteiger partial charge in [-0.3, -0.25) is 0 Å². The van der Waals surface area contributed by atoms with Crippen molar-refractivity contribution in [2.45, 2.75) is 53.4 Å². The summed E-state index contributed by atoms with van der Waals surface area (Å²) in [5.41, 5.74) is 3.33. The Hall–Kier alpha value is -1.18. The number of phenolic OH excluding ortho intramolecular Hbond substituents is 2. The molecule has 0 heterocycles. The smallest absolute Gasteiger partial charge is 0.122 e. The maximum absolute atomic E-state index is 10.1. The lowest BCUT2D eigenvalue weighted by Gasteiger charge is -2.15. The summed E-state index contributed by atoms with van der Waals surface area (Å²) < 4.78 is 0. The number of hydrogen-bond donors (Lipinski definition) is 2. The molecule has 0 unspecified atom stereocenters. The van der Waals surface area contributed by atoms with E-state index >= 15 is 0 Å². The highest BCUT2D eigenvalue weighted by Crippen LogP contribution is 2.36. The van der Waals surface area contributed by atoms with Gasteiger partial charge in [0.1, 0.15) is 11.5 Å². The van der Waals surface area contributed by atoms with Gasteiger partial charge >= 0.3 is 0 Å². The van der Waals surface area contributed by atoms with E-state index in [1.165, 1.54) is 0 Å². The molecule has 0 radical (unpaired) electrons. The fourth-order valence-corrected chi connectivity index (χ4v) is 2.04. The lowest BCUT2D eigenvalue weighted by atomic mass is 9.94. The van der Waals surface area contributed by atoms with Gasteiger partial charge in [0, 0.05) is 5.56 Å². The molecular weight excluding hydrogens is 200 g/mol. The molecule has 0 aliphatic heterocycles. The quantitative estimate of drug-likeness (QED) is 0.601. The first-order chi connectivity index (χ1) is 7.50. The molecule has 1 aromatic rings. The molecule has 2 N–H and O–H groups in total. The molecule has 2 heteroatoms. The molecule has 1 aromatic carbocycles. The number of aromatic hydroxyl groups is 2. The highest BCUT2D eigenvalue weighted by molar-refractivity contribution is 5.56. The van der Waals surface area contributed by atoms with Crippen molar-refractivity contribution in [2.75, 3.05) is 0 Å². The van der Waals surface area contributed by atoms with Crippen LogP contribution in [0.4, 0.5) is 0 Å². The van der Waals surface area contributed by atoms with E-state index in [1.54, 1.807) is 0 Å². The molecular formula is C14H22O2. The van der Waals surface area contributed by atoms with Crippen LogP contribution in [-0.4, -0.2) is 10.2 Å². The second-order valence-corrected chi connectivity index (χ2v) is 4.51. The van der Waals surface area contributed by atoms with Crippen molar-refractivity contribution in [1.82, 2.24) is 0 Å². The number of rotatable bonds is 4. The summed E-state index contributed by atoms with van der Waals surface area (Å²) in [5, 5.41) is 20.0. The monoisotopic (exact) mass is 222 g/mol. The Bertz CT molecular complexity index is 352. The summed E-state index contributed by atoms with van der Waals surface area (Å²) in [6.07, 6.45) is 4.23. The highest BCUT2D eigenvalue weighted by atomic mass is 16.3. The van der Waals surface area contributed by atoms with Gasteiger partial charge in [0.25, 0.3) is 0 Å². The average Bonchev–Trinajstić information content (AvgIpc) is 2.28. The molecule has 0 amide bonds. The molecule has 0 bridgehead atoms. The van der Waals surface area contributed by atoms with E-state index < -0.39 is 0 Å². The van der Waals surface area contributed by atoms with Crippen LogP contribution in [0.3, 0.4) is 0 Å². The van der Waals surface area contributed by atoms with Crippen molar-refractivity contribution in [2.24, 2.45) is 0 Å². The van der Waals surface area contributed by atoms with Gasteiger partial charge in [-0.15, -0.1) is 0 Å². The molecule has 0 aliphatic rings. The van der Waals surface area contributed by atoms with Crippen LogP contribution in [0.15, 0.2) is 0 Å². The van der Waals surface area contributed by atoms with E-state index in [-0.39, 0.29) is 0 Å². The third-order valence-electron chi connectivity index (χ3n) is 3.40. The number of phenols is 2. The molecule has 0 atom stereocenters. The predicted molar refractivity (Wildman–Crippen MR) is 67.2 cm³/mol. The second kappa shape index (κ2) is 5.24. The second-order valence-electron chi connectivity index (χ2n) is 4.51. The van der Waals surface area contributed by atoms with Crippen LogP contribution in [0.25, 0.3) is 0 Å². The molecule has 0 saturated carbocycles. The summed E-state index contributed by atoms with van der Waals surface area (Å²) in [5.74, 6) is 0.700. The first-order valence-electron chi connectivity index (χ1n) is 6.01. The Morgan fingerprint density at radius 2 is 1.38 bits per heavy atom. The lowest BCUT2D eigenvalue weighted by molar-refractivity contribution is 0.442. The minimum absolute atomic E-state index is 0.335. The minimum Gasteiger partial charge on any atom is -0.507 e. The largest absolute Gasteiger partial charge is 0.507 e. The van der Waals surface area contributed by atoms with Gasteiger partial charge in [0.15, 0.2) is 0 Å².